The lowest BCUT2D eigenvalue weighted by atomic mass is 10.1. The van der Waals surface area contributed by atoms with Crippen molar-refractivity contribution in [3.8, 4) is 0 Å². The predicted molar refractivity (Wildman–Crippen MR) is 24.9 cm³/mol. The van der Waals surface area contributed by atoms with Crippen LogP contribution in [0.5, 0.6) is 0 Å². The summed E-state index contributed by atoms with van der Waals surface area (Å²) in [6, 6.07) is 0. The molecule has 1 heterocycles. The second kappa shape index (κ2) is 1.58. The van der Waals surface area contributed by atoms with Gasteiger partial charge in [0.25, 0.3) is 0 Å². The third-order valence-electron chi connectivity index (χ3n) is 0.959. The van der Waals surface area contributed by atoms with Crippen LogP contribution < -0.4 is 0 Å². The second-order valence-corrected chi connectivity index (χ2v) is 1.70. The van der Waals surface area contributed by atoms with Crippen LogP contribution in [0.1, 0.15) is 14.7 Å². The first-order valence-electron chi connectivity index (χ1n) is 2.88. The van der Waals surface area contributed by atoms with Crippen LogP contribution in [0.15, 0.2) is 0 Å². The molecule has 1 fully saturated rings. The van der Waals surface area contributed by atoms with Crippen molar-refractivity contribution in [1.29, 1.82) is 0 Å². The summed E-state index contributed by atoms with van der Waals surface area (Å²) in [6.07, 6.45) is -1.00. The standard InChI is InChI=1S/C5H6O3/c1-3-2-4(6)8-5(3)7/h3H,2H2,1H3/i2D. The van der Waals surface area contributed by atoms with E-state index >= 15 is 0 Å². The van der Waals surface area contributed by atoms with E-state index in [0.29, 0.717) is 0 Å². The summed E-state index contributed by atoms with van der Waals surface area (Å²) in [5.74, 6) is -1.90. The average Bonchev–Trinajstić information content (AvgIpc) is 1.98. The second-order valence-electron chi connectivity index (χ2n) is 1.70. The Morgan fingerprint density at radius 2 is 2.50 bits per heavy atom. The van der Waals surface area contributed by atoms with Crippen LogP contribution in [0.2, 0.25) is 0 Å². The molecule has 1 rings (SSSR count). The van der Waals surface area contributed by atoms with Gasteiger partial charge in [-0.15, -0.1) is 0 Å². The molecule has 1 aliphatic rings. The minimum absolute atomic E-state index is 0.583. The molecule has 2 unspecified atom stereocenters. The smallest absolute Gasteiger partial charge is 0.316 e. The number of carbonyl (C=O) groups excluding carboxylic acids is 2. The molecule has 0 aromatic carbocycles. The summed E-state index contributed by atoms with van der Waals surface area (Å²) in [4.78, 5) is 20.8. The van der Waals surface area contributed by atoms with Crippen molar-refractivity contribution in [3.05, 3.63) is 0 Å². The monoisotopic (exact) mass is 115 g/mol. The first-order chi connectivity index (χ1) is 4.13. The fraction of sp³-hybridized carbons (Fsp3) is 0.600. The summed E-state index contributed by atoms with van der Waals surface area (Å²) >= 11 is 0. The molecule has 0 N–H and O–H groups in total. The normalized spacial score (nSPS) is 39.4. The Labute approximate surface area is 48.0 Å². The van der Waals surface area contributed by atoms with Crippen LogP contribution >= 0.6 is 0 Å². The summed E-state index contributed by atoms with van der Waals surface area (Å²) in [7, 11) is 0. The Hall–Kier alpha value is -0.860. The highest BCUT2D eigenvalue weighted by molar-refractivity contribution is 5.94. The van der Waals surface area contributed by atoms with Gasteiger partial charge in [-0.05, 0) is 0 Å². The fourth-order valence-corrected chi connectivity index (χ4v) is 0.498. The van der Waals surface area contributed by atoms with Crippen molar-refractivity contribution >= 4 is 11.9 Å². The molecule has 44 valence electrons. The minimum atomic E-state index is -1.00. The van der Waals surface area contributed by atoms with E-state index in [2.05, 4.69) is 4.74 Å². The number of rotatable bonds is 0. The first kappa shape index (κ1) is 4.06. The SMILES string of the molecule is [2H]C1C(=O)OC(=O)C1C. The van der Waals surface area contributed by atoms with Gasteiger partial charge in [0.1, 0.15) is 0 Å². The van der Waals surface area contributed by atoms with Gasteiger partial charge in [0, 0.05) is 1.37 Å². The lowest BCUT2D eigenvalue weighted by Crippen LogP contribution is -2.01. The number of hydrogen-bond donors (Lipinski definition) is 0. The van der Waals surface area contributed by atoms with Gasteiger partial charge >= 0.3 is 11.9 Å². The van der Waals surface area contributed by atoms with E-state index in [4.69, 9.17) is 1.37 Å². The molecule has 3 heteroatoms. The molecule has 0 aromatic rings. The Morgan fingerprint density at radius 1 is 1.88 bits per heavy atom. The molecule has 0 radical (unpaired) electrons. The van der Waals surface area contributed by atoms with E-state index in [1.807, 2.05) is 0 Å². The summed E-state index contributed by atoms with van der Waals surface area (Å²) < 4.78 is 11.1. The van der Waals surface area contributed by atoms with Gasteiger partial charge in [0.05, 0.1) is 12.3 Å². The quantitative estimate of drug-likeness (QED) is 0.332. The number of carbonyl (C=O) groups is 2. The van der Waals surface area contributed by atoms with Crippen molar-refractivity contribution in [2.75, 3.05) is 0 Å². The fourth-order valence-electron chi connectivity index (χ4n) is 0.498. The average molecular weight is 115 g/mol. The maximum absolute atomic E-state index is 10.4. The maximum atomic E-state index is 10.4. The molecule has 1 saturated heterocycles. The minimum Gasteiger partial charge on any atom is -0.393 e. The Bertz CT molecular complexity index is 148. The number of ether oxygens (including phenoxy) is 1. The lowest BCUT2D eigenvalue weighted by Gasteiger charge is -1.86. The Balaban J connectivity index is 2.77. The van der Waals surface area contributed by atoms with Gasteiger partial charge in [-0.2, -0.15) is 0 Å². The molecule has 0 spiro atoms. The van der Waals surface area contributed by atoms with Gasteiger partial charge in [0.2, 0.25) is 0 Å². The molecule has 0 saturated carbocycles. The van der Waals surface area contributed by atoms with E-state index < -0.39 is 24.3 Å². The molecule has 3 nitrogen and oxygen atoms in total. The van der Waals surface area contributed by atoms with Crippen LogP contribution in [-0.4, -0.2) is 11.9 Å². The van der Waals surface area contributed by atoms with Crippen LogP contribution in [-0.2, 0) is 14.3 Å². The van der Waals surface area contributed by atoms with Crippen molar-refractivity contribution in [2.24, 2.45) is 5.92 Å². The zero-order valence-electron chi connectivity index (χ0n) is 5.38. The highest BCUT2D eigenvalue weighted by atomic mass is 16.6. The molecule has 0 amide bonds. The van der Waals surface area contributed by atoms with E-state index in [-0.39, 0.29) is 0 Å². The van der Waals surface area contributed by atoms with Crippen molar-refractivity contribution < 1.29 is 15.7 Å². The zero-order chi connectivity index (χ0) is 7.02. The van der Waals surface area contributed by atoms with E-state index in [1.54, 1.807) is 0 Å². The van der Waals surface area contributed by atoms with Crippen LogP contribution in [0.4, 0.5) is 0 Å². The van der Waals surface area contributed by atoms with Gasteiger partial charge in [-0.25, -0.2) is 0 Å². The molecule has 0 bridgehead atoms. The highest BCUT2D eigenvalue weighted by Gasteiger charge is 2.28. The van der Waals surface area contributed by atoms with Crippen LogP contribution in [0.25, 0.3) is 0 Å². The molecular weight excluding hydrogens is 108 g/mol. The van der Waals surface area contributed by atoms with Crippen LogP contribution in [0.3, 0.4) is 0 Å². The summed E-state index contributed by atoms with van der Waals surface area (Å²) in [5, 5.41) is 0. The number of cyclic esters (lactones) is 2. The summed E-state index contributed by atoms with van der Waals surface area (Å²) in [6.45, 7) is 1.50. The number of hydrogen-bond acceptors (Lipinski definition) is 3. The topological polar surface area (TPSA) is 43.4 Å². The van der Waals surface area contributed by atoms with Crippen LogP contribution in [0, 0.1) is 5.92 Å². The third-order valence-corrected chi connectivity index (χ3v) is 0.959. The predicted octanol–water partition coefficient (Wildman–Crippen LogP) is 0.0960. The van der Waals surface area contributed by atoms with E-state index in [0.717, 1.165) is 0 Å². The Morgan fingerprint density at radius 3 is 2.62 bits per heavy atom. The van der Waals surface area contributed by atoms with Crippen molar-refractivity contribution in [2.45, 2.75) is 13.3 Å². The lowest BCUT2D eigenvalue weighted by molar-refractivity contribution is -0.152. The maximum Gasteiger partial charge on any atom is 0.316 e. The van der Waals surface area contributed by atoms with Gasteiger partial charge in [-0.3, -0.25) is 9.59 Å². The molecule has 0 aliphatic carbocycles. The highest BCUT2D eigenvalue weighted by Crippen LogP contribution is 2.13. The summed E-state index contributed by atoms with van der Waals surface area (Å²) in [5.41, 5.74) is 0. The molecule has 0 aromatic heterocycles. The molecule has 8 heavy (non-hydrogen) atoms. The van der Waals surface area contributed by atoms with Gasteiger partial charge < -0.3 is 4.74 Å². The largest absolute Gasteiger partial charge is 0.393 e. The zero-order valence-corrected chi connectivity index (χ0v) is 4.38. The molecular formula is C5H6O3. The van der Waals surface area contributed by atoms with Gasteiger partial charge in [0.15, 0.2) is 0 Å². The van der Waals surface area contributed by atoms with Crippen molar-refractivity contribution in [3.63, 3.8) is 0 Å². The van der Waals surface area contributed by atoms with Gasteiger partial charge in [-0.1, -0.05) is 6.92 Å². The van der Waals surface area contributed by atoms with Crippen molar-refractivity contribution in [1.82, 2.24) is 0 Å². The first-order valence-corrected chi connectivity index (χ1v) is 2.30. The molecule has 1 aliphatic heterocycles. The Kier molecular flexibility index (Phi) is 0.801. The number of esters is 2. The molecule has 2 atom stereocenters. The third kappa shape index (κ3) is 0.710. The van der Waals surface area contributed by atoms with E-state index in [9.17, 15) is 9.59 Å². The van der Waals surface area contributed by atoms with E-state index in [1.165, 1.54) is 6.92 Å².